The molecule has 120 valence electrons. The number of Topliss-reactive ketones (excluding diaryl/α,β-unsaturated/α-hetero) is 2. The van der Waals surface area contributed by atoms with Crippen LogP contribution in [0.3, 0.4) is 0 Å². The molecule has 1 atom stereocenters. The summed E-state index contributed by atoms with van der Waals surface area (Å²) in [4.78, 5) is 25.9. The smallest absolute Gasteiger partial charge is 0.196 e. The van der Waals surface area contributed by atoms with Gasteiger partial charge in [-0.2, -0.15) is 0 Å². The first-order valence-corrected chi connectivity index (χ1v) is 7.78. The first-order valence-electron chi connectivity index (χ1n) is 7.78. The highest BCUT2D eigenvalue weighted by molar-refractivity contribution is 6.31. The maximum Gasteiger partial charge on any atom is 0.196 e. The summed E-state index contributed by atoms with van der Waals surface area (Å²) < 4.78 is 5.17. The zero-order chi connectivity index (χ0) is 17.1. The van der Waals surface area contributed by atoms with Crippen LogP contribution in [0, 0.1) is 0 Å². The van der Waals surface area contributed by atoms with Crippen molar-refractivity contribution in [3.8, 4) is 0 Å². The number of methoxy groups -OCH3 is 1. The second-order valence-electron chi connectivity index (χ2n) is 5.71. The van der Waals surface area contributed by atoms with Crippen molar-refractivity contribution in [3.05, 3.63) is 94.8 Å². The number of ether oxygens (including phenoxy) is 1. The molecule has 0 amide bonds. The maximum atomic E-state index is 13.0. The lowest BCUT2D eigenvalue weighted by molar-refractivity contribution is -0.115. The van der Waals surface area contributed by atoms with E-state index in [4.69, 9.17) is 4.74 Å². The van der Waals surface area contributed by atoms with Crippen LogP contribution in [0.2, 0.25) is 0 Å². The van der Waals surface area contributed by atoms with Gasteiger partial charge in [-0.1, -0.05) is 60.7 Å². The Morgan fingerprint density at radius 1 is 1.00 bits per heavy atom. The predicted molar refractivity (Wildman–Crippen MR) is 92.8 cm³/mol. The van der Waals surface area contributed by atoms with Crippen LogP contribution >= 0.6 is 0 Å². The fourth-order valence-corrected chi connectivity index (χ4v) is 3.11. The van der Waals surface area contributed by atoms with Crippen molar-refractivity contribution >= 4 is 11.6 Å². The number of carbonyl (C=O) groups excluding carboxylic acids is 2. The van der Waals surface area contributed by atoms with Crippen LogP contribution in [0.25, 0.3) is 0 Å². The Morgan fingerprint density at radius 3 is 2.17 bits per heavy atom. The molecule has 0 aliphatic heterocycles. The zero-order valence-electron chi connectivity index (χ0n) is 13.7. The fraction of sp³-hybridized carbons (Fsp3) is 0.143. The van der Waals surface area contributed by atoms with Gasteiger partial charge in [0, 0.05) is 11.1 Å². The van der Waals surface area contributed by atoms with Crippen molar-refractivity contribution in [2.24, 2.45) is 0 Å². The first-order chi connectivity index (χ1) is 11.6. The Labute approximate surface area is 141 Å². The average Bonchev–Trinajstić information content (AvgIpc) is 2.86. The van der Waals surface area contributed by atoms with E-state index in [0.717, 1.165) is 11.1 Å². The third-order valence-electron chi connectivity index (χ3n) is 4.27. The lowest BCUT2D eigenvalue weighted by Gasteiger charge is -2.12. The summed E-state index contributed by atoms with van der Waals surface area (Å²) >= 11 is 0. The minimum absolute atomic E-state index is 0.171. The molecule has 1 aliphatic carbocycles. The third kappa shape index (κ3) is 2.69. The quantitative estimate of drug-likeness (QED) is 0.484. The van der Waals surface area contributed by atoms with Gasteiger partial charge in [0.1, 0.15) is 0 Å². The summed E-state index contributed by atoms with van der Waals surface area (Å²) in [5.74, 6) is -0.900. The molecular formula is C21H18O3. The number of hydrogen-bond acceptors (Lipinski definition) is 3. The molecule has 0 fully saturated rings. The molecule has 0 bridgehead atoms. The summed E-state index contributed by atoms with van der Waals surface area (Å²) in [6.45, 7) is 1.81. The SMILES string of the molecule is CO/C=C1/C(C)=C(C(=O)c2ccccc2)C(=O)C1c1ccccc1. The van der Waals surface area contributed by atoms with Crippen molar-refractivity contribution in [3.63, 3.8) is 0 Å². The van der Waals surface area contributed by atoms with E-state index in [1.54, 1.807) is 37.6 Å². The number of hydrogen-bond donors (Lipinski definition) is 0. The molecule has 0 spiro atoms. The summed E-state index contributed by atoms with van der Waals surface area (Å²) in [5, 5.41) is 0. The summed E-state index contributed by atoms with van der Waals surface area (Å²) in [6, 6.07) is 18.4. The summed E-state index contributed by atoms with van der Waals surface area (Å²) in [5.41, 5.74) is 3.06. The molecule has 0 saturated heterocycles. The number of allylic oxidation sites excluding steroid dienone is 3. The third-order valence-corrected chi connectivity index (χ3v) is 4.27. The standard InChI is InChI=1S/C21H18O3/c1-14-17(13-24-2)19(15-9-5-3-6-10-15)21(23)18(14)20(22)16-11-7-4-8-12-16/h3-13,19H,1-2H3/b17-13-. The van der Waals surface area contributed by atoms with Crippen LogP contribution < -0.4 is 0 Å². The highest BCUT2D eigenvalue weighted by Gasteiger charge is 2.40. The topological polar surface area (TPSA) is 43.4 Å². The summed E-state index contributed by atoms with van der Waals surface area (Å²) in [7, 11) is 1.55. The monoisotopic (exact) mass is 318 g/mol. The number of benzene rings is 2. The lowest BCUT2D eigenvalue weighted by atomic mass is 9.90. The minimum atomic E-state index is -0.492. The van der Waals surface area contributed by atoms with Crippen LogP contribution in [0.15, 0.2) is 83.6 Å². The molecule has 3 rings (SSSR count). The number of carbonyl (C=O) groups is 2. The van der Waals surface area contributed by atoms with Crippen molar-refractivity contribution in [1.82, 2.24) is 0 Å². The van der Waals surface area contributed by atoms with Crippen LogP contribution in [-0.4, -0.2) is 18.7 Å². The van der Waals surface area contributed by atoms with E-state index in [2.05, 4.69) is 0 Å². The molecule has 1 unspecified atom stereocenters. The van der Waals surface area contributed by atoms with E-state index >= 15 is 0 Å². The van der Waals surface area contributed by atoms with Crippen molar-refractivity contribution in [2.75, 3.05) is 7.11 Å². The molecule has 0 aromatic heterocycles. The molecule has 1 aliphatic rings. The van der Waals surface area contributed by atoms with E-state index in [1.807, 2.05) is 43.3 Å². The molecule has 3 heteroatoms. The molecular weight excluding hydrogens is 300 g/mol. The highest BCUT2D eigenvalue weighted by atomic mass is 16.5. The van der Waals surface area contributed by atoms with E-state index < -0.39 is 5.92 Å². The largest absolute Gasteiger partial charge is 0.504 e. The number of ketones is 2. The molecule has 2 aromatic rings. The Balaban J connectivity index is 2.09. The van der Waals surface area contributed by atoms with Crippen LogP contribution in [0.1, 0.15) is 28.8 Å². The van der Waals surface area contributed by atoms with E-state index in [-0.39, 0.29) is 17.1 Å². The van der Waals surface area contributed by atoms with Gasteiger partial charge in [-0.3, -0.25) is 9.59 Å². The van der Waals surface area contributed by atoms with Gasteiger partial charge in [0.2, 0.25) is 0 Å². The Bertz CT molecular complexity index is 830. The zero-order valence-corrected chi connectivity index (χ0v) is 13.7. The van der Waals surface area contributed by atoms with Gasteiger partial charge in [-0.15, -0.1) is 0 Å². The van der Waals surface area contributed by atoms with Crippen molar-refractivity contribution in [1.29, 1.82) is 0 Å². The van der Waals surface area contributed by atoms with Gasteiger partial charge >= 0.3 is 0 Å². The van der Waals surface area contributed by atoms with E-state index in [0.29, 0.717) is 11.1 Å². The molecule has 0 N–H and O–H groups in total. The van der Waals surface area contributed by atoms with Crippen LogP contribution in [0.5, 0.6) is 0 Å². The lowest BCUT2D eigenvalue weighted by Crippen LogP contribution is -2.15. The van der Waals surface area contributed by atoms with Gasteiger partial charge in [0.05, 0.1) is 24.9 Å². The van der Waals surface area contributed by atoms with Gasteiger partial charge in [-0.25, -0.2) is 0 Å². The Hall–Kier alpha value is -2.94. The Morgan fingerprint density at radius 2 is 1.58 bits per heavy atom. The van der Waals surface area contributed by atoms with Gasteiger partial charge < -0.3 is 4.74 Å². The molecule has 0 radical (unpaired) electrons. The summed E-state index contributed by atoms with van der Waals surface area (Å²) in [6.07, 6.45) is 1.57. The minimum Gasteiger partial charge on any atom is -0.504 e. The second kappa shape index (κ2) is 6.67. The fourth-order valence-electron chi connectivity index (χ4n) is 3.11. The molecule has 24 heavy (non-hydrogen) atoms. The predicted octanol–water partition coefficient (Wildman–Crippen LogP) is 4.08. The molecule has 0 heterocycles. The Kier molecular flexibility index (Phi) is 4.43. The maximum absolute atomic E-state index is 13.0. The molecule has 3 nitrogen and oxygen atoms in total. The number of rotatable bonds is 4. The van der Waals surface area contributed by atoms with Crippen molar-refractivity contribution in [2.45, 2.75) is 12.8 Å². The van der Waals surface area contributed by atoms with Gasteiger partial charge in [0.15, 0.2) is 11.6 Å². The average molecular weight is 318 g/mol. The van der Waals surface area contributed by atoms with Gasteiger partial charge in [0.25, 0.3) is 0 Å². The van der Waals surface area contributed by atoms with Crippen LogP contribution in [-0.2, 0) is 9.53 Å². The van der Waals surface area contributed by atoms with Gasteiger partial charge in [-0.05, 0) is 18.1 Å². The van der Waals surface area contributed by atoms with E-state index in [9.17, 15) is 9.59 Å². The van der Waals surface area contributed by atoms with E-state index in [1.165, 1.54) is 0 Å². The highest BCUT2D eigenvalue weighted by Crippen LogP contribution is 2.41. The second-order valence-corrected chi connectivity index (χ2v) is 5.71. The molecule has 2 aromatic carbocycles. The van der Waals surface area contributed by atoms with Crippen LogP contribution in [0.4, 0.5) is 0 Å². The molecule has 0 saturated carbocycles. The van der Waals surface area contributed by atoms with Crippen molar-refractivity contribution < 1.29 is 14.3 Å². The first kappa shape index (κ1) is 15.9. The normalized spacial score (nSPS) is 19.0.